The first-order valence-corrected chi connectivity index (χ1v) is 8.20. The van der Waals surface area contributed by atoms with Gasteiger partial charge in [0, 0.05) is 19.6 Å². The average molecular weight is 314 g/mol. The number of hydrogen-bond donors (Lipinski definition) is 3. The Morgan fingerprint density at radius 2 is 1.79 bits per heavy atom. The van der Waals surface area contributed by atoms with Gasteiger partial charge in [-0.25, -0.2) is 0 Å². The summed E-state index contributed by atoms with van der Waals surface area (Å²) in [6.45, 7) is 2.38. The van der Waals surface area contributed by atoms with Crippen molar-refractivity contribution in [1.29, 1.82) is 0 Å². The van der Waals surface area contributed by atoms with Crippen molar-refractivity contribution >= 4 is 22.6 Å². The molecule has 3 N–H and O–H groups in total. The second-order valence-corrected chi connectivity index (χ2v) is 6.81. The van der Waals surface area contributed by atoms with Crippen molar-refractivity contribution in [3.63, 3.8) is 0 Å². The van der Waals surface area contributed by atoms with Crippen molar-refractivity contribution < 1.29 is 13.5 Å². The molecular weight excluding hydrogens is 290 g/mol. The first kappa shape index (κ1) is 17.1. The lowest BCUT2D eigenvalue weighted by atomic mass is 10.1. The van der Waals surface area contributed by atoms with Gasteiger partial charge in [-0.15, -0.1) is 12.4 Å². The fourth-order valence-corrected chi connectivity index (χ4v) is 4.07. The number of hydrogen-bond acceptors (Lipinski definition) is 4. The number of halogens is 1. The van der Waals surface area contributed by atoms with Gasteiger partial charge in [0.15, 0.2) is 0 Å². The van der Waals surface area contributed by atoms with Crippen molar-refractivity contribution in [2.24, 2.45) is 0 Å². The van der Waals surface area contributed by atoms with Crippen molar-refractivity contribution in [2.75, 3.05) is 26.2 Å². The molecule has 0 aromatic heterocycles. The van der Waals surface area contributed by atoms with E-state index in [1.807, 2.05) is 0 Å². The number of nitrogens with zero attached hydrogens (tertiary/aromatic N) is 1. The van der Waals surface area contributed by atoms with Crippen LogP contribution < -0.4 is 10.0 Å². The maximum Gasteiger partial charge on any atom is 0.279 e. The van der Waals surface area contributed by atoms with Gasteiger partial charge in [0.2, 0.25) is 0 Å². The number of aliphatic hydroxyl groups excluding tert-OH is 1. The molecule has 2 fully saturated rings. The molecule has 0 spiro atoms. The molecule has 0 aliphatic carbocycles. The minimum Gasteiger partial charge on any atom is -0.390 e. The Morgan fingerprint density at radius 1 is 1.16 bits per heavy atom. The van der Waals surface area contributed by atoms with Gasteiger partial charge in [-0.05, 0) is 25.8 Å². The van der Waals surface area contributed by atoms with Gasteiger partial charge >= 0.3 is 0 Å². The lowest BCUT2D eigenvalue weighted by molar-refractivity contribution is 0.112. The van der Waals surface area contributed by atoms with Gasteiger partial charge in [0.1, 0.15) is 0 Å². The fraction of sp³-hybridized carbons (Fsp3) is 1.00. The van der Waals surface area contributed by atoms with Crippen molar-refractivity contribution in [2.45, 2.75) is 44.2 Å². The van der Waals surface area contributed by atoms with Gasteiger partial charge < -0.3 is 10.4 Å². The van der Waals surface area contributed by atoms with E-state index in [9.17, 15) is 13.5 Å². The molecule has 114 valence electrons. The standard InChI is InChI=1S/C11H23N3O3S.ClH/c15-11-9-12-6-5-10(11)13-18(16,17)14-7-3-1-2-4-8-14;/h10-13,15H,1-9H2;1H/t10-,11-;/m1./s1. The molecular formula is C11H24ClN3O3S. The largest absolute Gasteiger partial charge is 0.390 e. The molecule has 2 heterocycles. The fourth-order valence-electron chi connectivity index (χ4n) is 2.53. The summed E-state index contributed by atoms with van der Waals surface area (Å²) in [6, 6.07) is -0.362. The molecule has 0 unspecified atom stereocenters. The molecule has 2 aliphatic heterocycles. The summed E-state index contributed by atoms with van der Waals surface area (Å²) in [4.78, 5) is 0. The van der Waals surface area contributed by atoms with Gasteiger partial charge in [-0.3, -0.25) is 0 Å². The highest BCUT2D eigenvalue weighted by atomic mass is 35.5. The van der Waals surface area contributed by atoms with Crippen molar-refractivity contribution in [3.8, 4) is 0 Å². The maximum absolute atomic E-state index is 12.2. The first-order valence-electron chi connectivity index (χ1n) is 6.76. The Morgan fingerprint density at radius 3 is 2.37 bits per heavy atom. The van der Waals surface area contributed by atoms with Gasteiger partial charge in [0.05, 0.1) is 12.1 Å². The molecule has 0 aromatic carbocycles. The number of nitrogens with one attached hydrogen (secondary N) is 2. The van der Waals surface area contributed by atoms with E-state index >= 15 is 0 Å². The van der Waals surface area contributed by atoms with E-state index in [0.29, 0.717) is 26.1 Å². The Kier molecular flexibility index (Phi) is 6.99. The number of β-amino-alcohol motifs (C(OH)–C–C–N with tert-alkyl or cyclic N) is 1. The molecule has 0 radical (unpaired) electrons. The zero-order chi connectivity index (χ0) is 13.0. The van der Waals surface area contributed by atoms with Crippen LogP contribution in [-0.4, -0.2) is 56.2 Å². The average Bonchev–Trinajstić information content (AvgIpc) is 2.61. The van der Waals surface area contributed by atoms with Crippen LogP contribution >= 0.6 is 12.4 Å². The highest BCUT2D eigenvalue weighted by Crippen LogP contribution is 2.14. The van der Waals surface area contributed by atoms with Crippen LogP contribution in [0, 0.1) is 0 Å². The van der Waals surface area contributed by atoms with Crippen LogP contribution in [0.15, 0.2) is 0 Å². The topological polar surface area (TPSA) is 81.7 Å². The maximum atomic E-state index is 12.2. The molecule has 6 nitrogen and oxygen atoms in total. The summed E-state index contributed by atoms with van der Waals surface area (Å²) in [5.41, 5.74) is 0. The van der Waals surface area contributed by atoms with Crippen molar-refractivity contribution in [1.82, 2.24) is 14.3 Å². The minimum absolute atomic E-state index is 0. The molecule has 0 bridgehead atoms. The van der Waals surface area contributed by atoms with Gasteiger partial charge in [-0.2, -0.15) is 17.4 Å². The molecule has 19 heavy (non-hydrogen) atoms. The molecule has 0 saturated carbocycles. The van der Waals surface area contributed by atoms with Crippen LogP contribution in [0.3, 0.4) is 0 Å². The van der Waals surface area contributed by atoms with E-state index in [2.05, 4.69) is 10.0 Å². The lowest BCUT2D eigenvalue weighted by Crippen LogP contribution is -2.55. The molecule has 2 aliphatic rings. The summed E-state index contributed by atoms with van der Waals surface area (Å²) in [5.74, 6) is 0. The summed E-state index contributed by atoms with van der Waals surface area (Å²) in [7, 11) is -3.44. The van der Waals surface area contributed by atoms with E-state index in [-0.39, 0.29) is 18.4 Å². The first-order chi connectivity index (χ1) is 8.59. The molecule has 0 aromatic rings. The normalized spacial score (nSPS) is 30.4. The van der Waals surface area contributed by atoms with Crippen molar-refractivity contribution in [3.05, 3.63) is 0 Å². The lowest BCUT2D eigenvalue weighted by Gasteiger charge is -2.31. The van der Waals surface area contributed by atoms with Gasteiger partial charge in [-0.1, -0.05) is 12.8 Å². The molecule has 0 amide bonds. The van der Waals surface area contributed by atoms with Gasteiger partial charge in [0.25, 0.3) is 10.2 Å². The zero-order valence-corrected chi connectivity index (χ0v) is 12.7. The quantitative estimate of drug-likeness (QED) is 0.676. The van der Waals surface area contributed by atoms with Crippen LogP contribution in [0.4, 0.5) is 0 Å². The third kappa shape index (κ3) is 4.84. The Labute approximate surface area is 121 Å². The van der Waals surface area contributed by atoms with E-state index < -0.39 is 16.3 Å². The highest BCUT2D eigenvalue weighted by molar-refractivity contribution is 7.87. The number of aliphatic hydroxyl groups is 1. The van der Waals surface area contributed by atoms with E-state index in [1.54, 1.807) is 0 Å². The molecule has 8 heteroatoms. The van der Waals surface area contributed by atoms with E-state index in [0.717, 1.165) is 32.2 Å². The monoisotopic (exact) mass is 313 g/mol. The number of rotatable bonds is 3. The van der Waals surface area contributed by atoms with Crippen LogP contribution in [0.2, 0.25) is 0 Å². The molecule has 2 rings (SSSR count). The Balaban J connectivity index is 0.00000180. The minimum atomic E-state index is -3.44. The van der Waals surface area contributed by atoms with E-state index in [4.69, 9.17) is 0 Å². The summed E-state index contributed by atoms with van der Waals surface area (Å²) >= 11 is 0. The van der Waals surface area contributed by atoms with Crippen LogP contribution in [0.25, 0.3) is 0 Å². The molecule has 2 atom stereocenters. The van der Waals surface area contributed by atoms with Crippen LogP contribution in [0.5, 0.6) is 0 Å². The summed E-state index contributed by atoms with van der Waals surface area (Å²) in [5, 5.41) is 12.8. The predicted molar refractivity (Wildman–Crippen MR) is 76.6 cm³/mol. The zero-order valence-electron chi connectivity index (χ0n) is 11.0. The summed E-state index contributed by atoms with van der Waals surface area (Å²) in [6.07, 6.45) is 4.05. The summed E-state index contributed by atoms with van der Waals surface area (Å²) < 4.78 is 28.6. The third-order valence-corrected chi connectivity index (χ3v) is 5.30. The SMILES string of the molecule is Cl.O=S(=O)(N[C@@H]1CCNC[C@H]1O)N1CCCCCC1. The highest BCUT2D eigenvalue weighted by Gasteiger charge is 2.30. The second kappa shape index (κ2) is 7.75. The second-order valence-electron chi connectivity index (χ2n) is 5.10. The third-order valence-electron chi connectivity index (χ3n) is 3.66. The Bertz CT molecular complexity index is 358. The van der Waals surface area contributed by atoms with E-state index in [1.165, 1.54) is 4.31 Å². The molecule has 2 saturated heterocycles. The Hall–Kier alpha value is 0.0800. The number of piperidine rings is 1. The smallest absolute Gasteiger partial charge is 0.279 e. The van der Waals surface area contributed by atoms with Crippen LogP contribution in [-0.2, 0) is 10.2 Å². The predicted octanol–water partition coefficient (Wildman–Crippen LogP) is -0.159. The van der Waals surface area contributed by atoms with Crippen LogP contribution in [0.1, 0.15) is 32.1 Å².